The van der Waals surface area contributed by atoms with Crippen molar-refractivity contribution < 1.29 is 4.39 Å². The molecule has 5 heteroatoms. The largest absolute Gasteiger partial charge is 0.366 e. The molecule has 3 aromatic rings. The fourth-order valence-electron chi connectivity index (χ4n) is 1.90. The highest BCUT2D eigenvalue weighted by Crippen LogP contribution is 2.22. The van der Waals surface area contributed by atoms with Gasteiger partial charge in [-0.15, -0.1) is 5.10 Å². The number of aryl methyl sites for hydroxylation is 1. The zero-order chi connectivity index (χ0) is 12.7. The lowest BCUT2D eigenvalue weighted by Gasteiger charge is -2.04. The maximum atomic E-state index is 13.2. The maximum Gasteiger partial charge on any atom is 0.240 e. The van der Waals surface area contributed by atoms with Crippen molar-refractivity contribution in [2.24, 2.45) is 0 Å². The van der Waals surface area contributed by atoms with Crippen molar-refractivity contribution in [3.8, 4) is 11.1 Å². The number of rotatable bonds is 1. The first-order valence-corrected chi connectivity index (χ1v) is 5.52. The third-order valence-corrected chi connectivity index (χ3v) is 2.84. The molecule has 0 amide bonds. The van der Waals surface area contributed by atoms with Gasteiger partial charge in [0.25, 0.3) is 0 Å². The van der Waals surface area contributed by atoms with Crippen LogP contribution in [-0.2, 0) is 0 Å². The average Bonchev–Trinajstić information content (AvgIpc) is 2.71. The smallest absolute Gasteiger partial charge is 0.240 e. The second kappa shape index (κ2) is 3.80. The summed E-state index contributed by atoms with van der Waals surface area (Å²) in [6.07, 6.45) is 1.82. The van der Waals surface area contributed by atoms with E-state index in [-0.39, 0.29) is 11.8 Å². The first-order chi connectivity index (χ1) is 8.63. The summed E-state index contributed by atoms with van der Waals surface area (Å²) in [5.74, 6) is 0.0345. The van der Waals surface area contributed by atoms with Crippen molar-refractivity contribution in [2.75, 3.05) is 5.73 Å². The van der Waals surface area contributed by atoms with E-state index in [0.717, 1.165) is 11.1 Å². The van der Waals surface area contributed by atoms with Gasteiger partial charge >= 0.3 is 0 Å². The topological polar surface area (TPSA) is 56.2 Å². The van der Waals surface area contributed by atoms with Gasteiger partial charge in [-0.2, -0.15) is 4.98 Å². The van der Waals surface area contributed by atoms with Crippen LogP contribution >= 0.6 is 0 Å². The monoisotopic (exact) mass is 242 g/mol. The van der Waals surface area contributed by atoms with E-state index < -0.39 is 0 Å². The molecule has 0 atom stereocenters. The molecule has 1 aromatic carbocycles. The molecule has 2 aromatic heterocycles. The van der Waals surface area contributed by atoms with Crippen LogP contribution in [0, 0.1) is 12.7 Å². The second-order valence-electron chi connectivity index (χ2n) is 4.15. The Labute approximate surface area is 103 Å². The Hall–Kier alpha value is -2.43. The van der Waals surface area contributed by atoms with Crippen LogP contribution in [0.2, 0.25) is 0 Å². The van der Waals surface area contributed by atoms with Crippen molar-refractivity contribution in [3.63, 3.8) is 0 Å². The Bertz CT molecular complexity index is 733. The van der Waals surface area contributed by atoms with Gasteiger partial charge in [0.05, 0.1) is 0 Å². The summed E-state index contributed by atoms with van der Waals surface area (Å²) in [4.78, 5) is 4.05. The molecule has 3 rings (SSSR count). The Morgan fingerprint density at radius 2 is 1.94 bits per heavy atom. The highest BCUT2D eigenvalue weighted by atomic mass is 19.1. The molecule has 0 aliphatic heterocycles. The van der Waals surface area contributed by atoms with Crippen LogP contribution in [0.4, 0.5) is 10.3 Å². The van der Waals surface area contributed by atoms with Gasteiger partial charge in [-0.3, -0.25) is 0 Å². The molecule has 2 N–H and O–H groups in total. The Kier molecular flexibility index (Phi) is 2.26. The van der Waals surface area contributed by atoms with Crippen LogP contribution in [0.3, 0.4) is 0 Å². The first kappa shape index (κ1) is 10.7. The number of nitrogens with two attached hydrogens (primary N) is 1. The normalized spacial score (nSPS) is 11.0. The van der Waals surface area contributed by atoms with Gasteiger partial charge in [0.1, 0.15) is 5.82 Å². The van der Waals surface area contributed by atoms with Crippen LogP contribution < -0.4 is 5.73 Å². The number of hydrogen-bond acceptors (Lipinski definition) is 3. The molecule has 90 valence electrons. The van der Waals surface area contributed by atoms with Gasteiger partial charge in [0, 0.05) is 11.8 Å². The number of aromatic nitrogens is 3. The van der Waals surface area contributed by atoms with E-state index in [9.17, 15) is 4.39 Å². The van der Waals surface area contributed by atoms with Crippen molar-refractivity contribution in [1.29, 1.82) is 0 Å². The van der Waals surface area contributed by atoms with Crippen LogP contribution in [0.5, 0.6) is 0 Å². The van der Waals surface area contributed by atoms with Crippen molar-refractivity contribution >= 4 is 11.6 Å². The minimum Gasteiger partial charge on any atom is -0.366 e. The molecule has 0 saturated heterocycles. The highest BCUT2D eigenvalue weighted by molar-refractivity contribution is 5.65. The number of nitrogens with zero attached hydrogens (tertiary/aromatic N) is 3. The van der Waals surface area contributed by atoms with Crippen molar-refractivity contribution in [2.45, 2.75) is 6.92 Å². The van der Waals surface area contributed by atoms with Crippen LogP contribution in [0.1, 0.15) is 5.56 Å². The van der Waals surface area contributed by atoms with Gasteiger partial charge in [-0.25, -0.2) is 8.91 Å². The lowest BCUT2D eigenvalue weighted by atomic mass is 10.1. The van der Waals surface area contributed by atoms with E-state index in [4.69, 9.17) is 5.73 Å². The van der Waals surface area contributed by atoms with Crippen LogP contribution in [0.25, 0.3) is 16.8 Å². The average molecular weight is 242 g/mol. The summed E-state index contributed by atoms with van der Waals surface area (Å²) < 4.78 is 14.8. The quantitative estimate of drug-likeness (QED) is 0.713. The molecule has 0 unspecified atom stereocenters. The molecular formula is C13H11FN4. The lowest BCUT2D eigenvalue weighted by Crippen LogP contribution is -1.91. The summed E-state index contributed by atoms with van der Waals surface area (Å²) in [7, 11) is 0. The lowest BCUT2D eigenvalue weighted by molar-refractivity contribution is 0.619. The summed E-state index contributed by atoms with van der Waals surface area (Å²) >= 11 is 0. The molecule has 0 spiro atoms. The minimum atomic E-state index is -0.204. The molecular weight excluding hydrogens is 231 g/mol. The number of fused-ring (bicyclic) bond motifs is 1. The number of halogens is 1. The first-order valence-electron chi connectivity index (χ1n) is 5.52. The van der Waals surface area contributed by atoms with Gasteiger partial charge in [0.2, 0.25) is 5.95 Å². The fourth-order valence-corrected chi connectivity index (χ4v) is 1.90. The Morgan fingerprint density at radius 1 is 1.17 bits per heavy atom. The Morgan fingerprint density at radius 3 is 2.72 bits per heavy atom. The summed E-state index contributed by atoms with van der Waals surface area (Å²) in [5, 5.41) is 4.05. The van der Waals surface area contributed by atoms with E-state index in [0.29, 0.717) is 11.2 Å². The standard InChI is InChI=1S/C13H11FN4/c1-8-6-9(2-4-11(8)14)10-3-5-12-16-13(15)17-18(12)7-10/h2-7H,1H3,(H2,15,17). The predicted molar refractivity (Wildman–Crippen MR) is 67.5 cm³/mol. The zero-order valence-corrected chi connectivity index (χ0v) is 9.76. The Balaban J connectivity index is 2.15. The molecule has 18 heavy (non-hydrogen) atoms. The SMILES string of the molecule is Cc1cc(-c2ccc3nc(N)nn3c2)ccc1F. The van der Waals surface area contributed by atoms with E-state index in [1.807, 2.05) is 18.3 Å². The van der Waals surface area contributed by atoms with Gasteiger partial charge in [-0.05, 0) is 42.3 Å². The molecule has 0 radical (unpaired) electrons. The molecule has 0 fully saturated rings. The number of hydrogen-bond donors (Lipinski definition) is 1. The molecule has 0 bridgehead atoms. The predicted octanol–water partition coefficient (Wildman–Crippen LogP) is 2.43. The number of benzene rings is 1. The number of anilines is 1. The molecule has 0 aliphatic rings. The number of nitrogen functional groups attached to an aromatic ring is 1. The third kappa shape index (κ3) is 1.69. The molecule has 0 aliphatic carbocycles. The van der Waals surface area contributed by atoms with Gasteiger partial charge in [-0.1, -0.05) is 6.07 Å². The molecule has 2 heterocycles. The summed E-state index contributed by atoms with van der Waals surface area (Å²) in [6, 6.07) is 8.75. The van der Waals surface area contributed by atoms with Crippen LogP contribution in [-0.4, -0.2) is 14.6 Å². The van der Waals surface area contributed by atoms with Crippen molar-refractivity contribution in [3.05, 3.63) is 47.9 Å². The fraction of sp³-hybridized carbons (Fsp3) is 0.0769. The van der Waals surface area contributed by atoms with E-state index >= 15 is 0 Å². The van der Waals surface area contributed by atoms with Crippen molar-refractivity contribution in [1.82, 2.24) is 14.6 Å². The van der Waals surface area contributed by atoms with E-state index in [2.05, 4.69) is 10.1 Å². The van der Waals surface area contributed by atoms with Crippen LogP contribution in [0.15, 0.2) is 36.5 Å². The van der Waals surface area contributed by atoms with Gasteiger partial charge < -0.3 is 5.73 Å². The third-order valence-electron chi connectivity index (χ3n) is 2.84. The van der Waals surface area contributed by atoms with E-state index in [1.54, 1.807) is 23.6 Å². The molecule has 4 nitrogen and oxygen atoms in total. The maximum absolute atomic E-state index is 13.2. The summed E-state index contributed by atoms with van der Waals surface area (Å²) in [5.41, 5.74) is 8.71. The number of pyridine rings is 1. The highest BCUT2D eigenvalue weighted by Gasteiger charge is 2.05. The molecule has 0 saturated carbocycles. The summed E-state index contributed by atoms with van der Waals surface area (Å²) in [6.45, 7) is 1.74. The van der Waals surface area contributed by atoms with Gasteiger partial charge in [0.15, 0.2) is 5.65 Å². The van der Waals surface area contributed by atoms with E-state index in [1.165, 1.54) is 6.07 Å². The minimum absolute atomic E-state index is 0.204. The second-order valence-corrected chi connectivity index (χ2v) is 4.15. The zero-order valence-electron chi connectivity index (χ0n) is 9.76.